The zero-order valence-corrected chi connectivity index (χ0v) is 11.2. The van der Waals surface area contributed by atoms with Crippen molar-refractivity contribution in [2.45, 2.75) is 31.6 Å². The second-order valence-corrected chi connectivity index (χ2v) is 5.17. The van der Waals surface area contributed by atoms with E-state index in [1.165, 1.54) is 28.3 Å². The van der Waals surface area contributed by atoms with Gasteiger partial charge in [0.1, 0.15) is 0 Å². The first-order valence-electron chi connectivity index (χ1n) is 6.11. The van der Waals surface area contributed by atoms with Crippen LogP contribution in [0.1, 0.15) is 26.0 Å². The highest BCUT2D eigenvalue weighted by atomic mass is 32.2. The standard InChI is InChI=1S/C14H18N2S/c1-3-9-17-13-7-5-11(6-8-13)14-10-12(4-2)15-16-14/h5-8,10H,3-4,9H2,1-2H3,(H,15,16). The van der Waals surface area contributed by atoms with Crippen molar-refractivity contribution in [1.82, 2.24) is 10.2 Å². The third kappa shape index (κ3) is 3.13. The molecule has 3 heteroatoms. The molecular weight excluding hydrogens is 228 g/mol. The zero-order valence-electron chi connectivity index (χ0n) is 10.4. The fourth-order valence-corrected chi connectivity index (χ4v) is 2.40. The fourth-order valence-electron chi connectivity index (χ4n) is 1.63. The van der Waals surface area contributed by atoms with Crippen molar-refractivity contribution in [1.29, 1.82) is 0 Å². The van der Waals surface area contributed by atoms with Crippen LogP contribution in [-0.2, 0) is 6.42 Å². The molecule has 0 fully saturated rings. The summed E-state index contributed by atoms with van der Waals surface area (Å²) in [6.45, 7) is 4.33. The summed E-state index contributed by atoms with van der Waals surface area (Å²) >= 11 is 1.91. The van der Waals surface area contributed by atoms with Gasteiger partial charge in [0.05, 0.1) is 5.69 Å². The molecule has 90 valence electrons. The normalized spacial score (nSPS) is 10.7. The van der Waals surface area contributed by atoms with Crippen LogP contribution >= 0.6 is 11.8 Å². The summed E-state index contributed by atoms with van der Waals surface area (Å²) in [5.74, 6) is 1.18. The molecule has 2 rings (SSSR count). The van der Waals surface area contributed by atoms with Crippen LogP contribution in [0.4, 0.5) is 0 Å². The number of hydrogen-bond acceptors (Lipinski definition) is 2. The molecule has 0 unspecified atom stereocenters. The second-order valence-electron chi connectivity index (χ2n) is 4.00. The van der Waals surface area contributed by atoms with Crippen LogP contribution in [-0.4, -0.2) is 16.0 Å². The molecule has 0 saturated heterocycles. The van der Waals surface area contributed by atoms with Gasteiger partial charge in [0.2, 0.25) is 0 Å². The Morgan fingerprint density at radius 2 is 1.94 bits per heavy atom. The van der Waals surface area contributed by atoms with Gasteiger partial charge in [-0.3, -0.25) is 5.10 Å². The van der Waals surface area contributed by atoms with Gasteiger partial charge < -0.3 is 0 Å². The monoisotopic (exact) mass is 246 g/mol. The van der Waals surface area contributed by atoms with Crippen molar-refractivity contribution in [3.63, 3.8) is 0 Å². The average Bonchev–Trinajstić information content (AvgIpc) is 2.86. The van der Waals surface area contributed by atoms with E-state index in [2.05, 4.69) is 54.4 Å². The molecule has 0 aliphatic heterocycles. The van der Waals surface area contributed by atoms with E-state index in [1.54, 1.807) is 0 Å². The molecule has 2 nitrogen and oxygen atoms in total. The quantitative estimate of drug-likeness (QED) is 0.803. The number of thioether (sulfide) groups is 1. The molecule has 1 heterocycles. The van der Waals surface area contributed by atoms with Crippen LogP contribution in [0.3, 0.4) is 0 Å². The Morgan fingerprint density at radius 3 is 2.53 bits per heavy atom. The van der Waals surface area contributed by atoms with Crippen LogP contribution in [0, 0.1) is 0 Å². The number of aromatic amines is 1. The molecule has 1 aromatic heterocycles. The Morgan fingerprint density at radius 1 is 1.18 bits per heavy atom. The van der Waals surface area contributed by atoms with Crippen molar-refractivity contribution >= 4 is 11.8 Å². The maximum absolute atomic E-state index is 4.32. The lowest BCUT2D eigenvalue weighted by Gasteiger charge is -2.01. The zero-order chi connectivity index (χ0) is 12.1. The van der Waals surface area contributed by atoms with Crippen LogP contribution in [0.25, 0.3) is 11.3 Å². The van der Waals surface area contributed by atoms with Gasteiger partial charge in [0, 0.05) is 16.2 Å². The Balaban J connectivity index is 2.11. The Labute approximate surface area is 107 Å². The summed E-state index contributed by atoms with van der Waals surface area (Å²) in [5, 5.41) is 7.36. The third-order valence-corrected chi connectivity index (χ3v) is 3.85. The first-order chi connectivity index (χ1) is 8.33. The lowest BCUT2D eigenvalue weighted by Crippen LogP contribution is -1.79. The first-order valence-corrected chi connectivity index (χ1v) is 7.09. The van der Waals surface area contributed by atoms with Crippen molar-refractivity contribution in [3.8, 4) is 11.3 Å². The number of aryl methyl sites for hydroxylation is 1. The number of hydrogen-bond donors (Lipinski definition) is 1. The molecule has 0 aliphatic carbocycles. The highest BCUT2D eigenvalue weighted by Gasteiger charge is 2.02. The molecular formula is C14H18N2S. The molecule has 1 aromatic carbocycles. The van der Waals surface area contributed by atoms with Gasteiger partial charge in [-0.15, -0.1) is 11.8 Å². The summed E-state index contributed by atoms with van der Waals surface area (Å²) in [5.41, 5.74) is 3.40. The summed E-state index contributed by atoms with van der Waals surface area (Å²) in [6, 6.07) is 10.8. The number of aromatic nitrogens is 2. The van der Waals surface area contributed by atoms with Crippen molar-refractivity contribution in [2.75, 3.05) is 5.75 Å². The lowest BCUT2D eigenvalue weighted by atomic mass is 10.1. The number of benzene rings is 1. The number of nitrogens with one attached hydrogen (secondary N) is 1. The topological polar surface area (TPSA) is 28.7 Å². The lowest BCUT2D eigenvalue weighted by molar-refractivity contribution is 0.976. The maximum atomic E-state index is 4.32. The summed E-state index contributed by atoms with van der Waals surface area (Å²) in [6.07, 6.45) is 2.21. The van der Waals surface area contributed by atoms with E-state index in [4.69, 9.17) is 0 Å². The van der Waals surface area contributed by atoms with Crippen LogP contribution in [0.15, 0.2) is 35.2 Å². The maximum Gasteiger partial charge on any atom is 0.0923 e. The van der Waals surface area contributed by atoms with Crippen molar-refractivity contribution < 1.29 is 0 Å². The highest BCUT2D eigenvalue weighted by molar-refractivity contribution is 7.99. The highest BCUT2D eigenvalue weighted by Crippen LogP contribution is 2.23. The molecule has 0 saturated carbocycles. The Hall–Kier alpha value is -1.22. The smallest absolute Gasteiger partial charge is 0.0923 e. The van der Waals surface area contributed by atoms with Crippen LogP contribution < -0.4 is 0 Å². The van der Waals surface area contributed by atoms with Gasteiger partial charge in [-0.1, -0.05) is 26.0 Å². The average molecular weight is 246 g/mol. The molecule has 0 spiro atoms. The van der Waals surface area contributed by atoms with E-state index in [-0.39, 0.29) is 0 Å². The Kier molecular flexibility index (Phi) is 4.26. The summed E-state index contributed by atoms with van der Waals surface area (Å²) in [7, 11) is 0. The minimum Gasteiger partial charge on any atom is -0.282 e. The van der Waals surface area contributed by atoms with Crippen molar-refractivity contribution in [3.05, 3.63) is 36.0 Å². The molecule has 0 bridgehead atoms. The minimum absolute atomic E-state index is 0.997. The predicted octanol–water partition coefficient (Wildman–Crippen LogP) is 4.14. The van der Waals surface area contributed by atoms with E-state index < -0.39 is 0 Å². The van der Waals surface area contributed by atoms with Crippen molar-refractivity contribution in [2.24, 2.45) is 0 Å². The van der Waals surface area contributed by atoms with Crippen LogP contribution in [0.2, 0.25) is 0 Å². The third-order valence-electron chi connectivity index (χ3n) is 2.63. The molecule has 17 heavy (non-hydrogen) atoms. The van der Waals surface area contributed by atoms with Gasteiger partial charge in [-0.2, -0.15) is 5.10 Å². The number of rotatable bonds is 5. The van der Waals surface area contributed by atoms with Gasteiger partial charge in [0.25, 0.3) is 0 Å². The summed E-state index contributed by atoms with van der Waals surface area (Å²) in [4.78, 5) is 1.34. The molecule has 0 amide bonds. The van der Waals surface area contributed by atoms with E-state index in [0.717, 1.165) is 12.1 Å². The van der Waals surface area contributed by atoms with Gasteiger partial charge in [-0.05, 0) is 36.8 Å². The molecule has 2 aromatic rings. The second kappa shape index (κ2) is 5.92. The van der Waals surface area contributed by atoms with Gasteiger partial charge >= 0.3 is 0 Å². The van der Waals surface area contributed by atoms with E-state index in [9.17, 15) is 0 Å². The largest absolute Gasteiger partial charge is 0.282 e. The number of H-pyrrole nitrogens is 1. The van der Waals surface area contributed by atoms with E-state index >= 15 is 0 Å². The predicted molar refractivity (Wildman–Crippen MR) is 74.4 cm³/mol. The summed E-state index contributed by atoms with van der Waals surface area (Å²) < 4.78 is 0. The fraction of sp³-hybridized carbons (Fsp3) is 0.357. The molecule has 0 atom stereocenters. The Bertz CT molecular complexity index is 459. The first kappa shape index (κ1) is 12.2. The molecule has 0 aliphatic rings. The molecule has 0 radical (unpaired) electrons. The van der Waals surface area contributed by atoms with E-state index in [0.29, 0.717) is 0 Å². The van der Waals surface area contributed by atoms with Gasteiger partial charge in [-0.25, -0.2) is 0 Å². The SMILES string of the molecule is CCCSc1ccc(-c2cc(CC)[nH]n2)cc1. The minimum atomic E-state index is 0.997. The molecule has 1 N–H and O–H groups in total. The number of nitrogens with zero attached hydrogens (tertiary/aromatic N) is 1. The van der Waals surface area contributed by atoms with Gasteiger partial charge in [0.15, 0.2) is 0 Å². The van der Waals surface area contributed by atoms with E-state index in [1.807, 2.05) is 11.8 Å². The van der Waals surface area contributed by atoms with Crippen LogP contribution in [0.5, 0.6) is 0 Å².